The molecule has 0 bridgehead atoms. The number of fused-ring (bicyclic) bond motifs is 3. The Hall–Kier alpha value is -2.64. The predicted octanol–water partition coefficient (Wildman–Crippen LogP) is 3.25. The second-order valence-corrected chi connectivity index (χ2v) is 8.33. The van der Waals surface area contributed by atoms with E-state index in [9.17, 15) is 14.9 Å². The molecule has 2 aliphatic rings. The molecule has 1 saturated heterocycles. The van der Waals surface area contributed by atoms with Crippen molar-refractivity contribution in [2.75, 3.05) is 31.1 Å². The number of nitro benzene ring substituents is 1. The Morgan fingerprint density at radius 1 is 1.23 bits per heavy atom. The fourth-order valence-electron chi connectivity index (χ4n) is 4.58. The minimum absolute atomic E-state index is 0.0120. The number of halogens is 1. The number of hydrogen-bond acceptors (Lipinski definition) is 5. The second-order valence-electron chi connectivity index (χ2n) is 7.90. The van der Waals surface area contributed by atoms with Crippen molar-refractivity contribution in [3.63, 3.8) is 0 Å². The number of carbonyl (C=O) groups is 1. The number of nitrogens with zero attached hydrogens (tertiary/aromatic N) is 3. The molecule has 2 aromatic rings. The number of anilines is 1. The molecule has 0 unspecified atom stereocenters. The summed E-state index contributed by atoms with van der Waals surface area (Å²) in [4.78, 5) is 28.4. The van der Waals surface area contributed by atoms with Crippen molar-refractivity contribution in [2.24, 2.45) is 5.92 Å². The fourth-order valence-corrected chi connectivity index (χ4v) is 4.71. The summed E-state index contributed by atoms with van der Waals surface area (Å²) in [6.07, 6.45) is 0.513. The van der Waals surface area contributed by atoms with Crippen molar-refractivity contribution in [1.82, 2.24) is 10.2 Å². The van der Waals surface area contributed by atoms with E-state index in [1.807, 2.05) is 37.3 Å². The van der Waals surface area contributed by atoms with Gasteiger partial charge in [-0.05, 0) is 42.7 Å². The monoisotopic (exact) mass is 428 g/mol. The summed E-state index contributed by atoms with van der Waals surface area (Å²) in [6.45, 7) is 5.68. The van der Waals surface area contributed by atoms with Crippen molar-refractivity contribution in [3.8, 4) is 0 Å². The van der Waals surface area contributed by atoms with Crippen LogP contribution >= 0.6 is 11.6 Å². The van der Waals surface area contributed by atoms with Crippen molar-refractivity contribution in [2.45, 2.75) is 25.9 Å². The maximum absolute atomic E-state index is 12.9. The van der Waals surface area contributed by atoms with Gasteiger partial charge in [-0.25, -0.2) is 0 Å². The number of nitro groups is 1. The lowest BCUT2D eigenvalue weighted by atomic mass is 9.83. The Bertz CT molecular complexity index is 950. The molecule has 1 fully saturated rings. The van der Waals surface area contributed by atoms with Crippen LogP contribution in [0.15, 0.2) is 42.5 Å². The Morgan fingerprint density at radius 2 is 2.00 bits per heavy atom. The molecule has 158 valence electrons. The van der Waals surface area contributed by atoms with E-state index >= 15 is 0 Å². The molecule has 0 aromatic heterocycles. The van der Waals surface area contributed by atoms with Gasteiger partial charge < -0.3 is 10.2 Å². The van der Waals surface area contributed by atoms with Crippen molar-refractivity contribution >= 4 is 28.9 Å². The van der Waals surface area contributed by atoms with Gasteiger partial charge in [-0.2, -0.15) is 0 Å². The minimum atomic E-state index is -0.377. The molecule has 0 radical (unpaired) electrons. The Morgan fingerprint density at radius 3 is 2.70 bits per heavy atom. The van der Waals surface area contributed by atoms with Crippen LogP contribution in [0, 0.1) is 16.0 Å². The van der Waals surface area contributed by atoms with Gasteiger partial charge in [0.05, 0.1) is 16.9 Å². The Balaban J connectivity index is 1.60. The van der Waals surface area contributed by atoms with Crippen molar-refractivity contribution in [1.29, 1.82) is 0 Å². The molecule has 0 saturated carbocycles. The molecule has 30 heavy (non-hydrogen) atoms. The number of amides is 1. The van der Waals surface area contributed by atoms with Gasteiger partial charge in [-0.3, -0.25) is 19.8 Å². The summed E-state index contributed by atoms with van der Waals surface area (Å²) >= 11 is 6.00. The standard InChI is InChI=1S/C22H25ClN4O3/c1-2-24-22(28)19-12-16-11-18(27(29)30)7-8-20(16)26-10-9-25(14-21(19)26)13-15-3-5-17(23)6-4-15/h3-8,11,19,21H,2,9-10,12-14H2,1H3,(H,24,28)/t19-,21+/m1/s1. The van der Waals surface area contributed by atoms with E-state index in [2.05, 4.69) is 15.1 Å². The van der Waals surface area contributed by atoms with Crippen LogP contribution in [0.1, 0.15) is 18.1 Å². The smallest absolute Gasteiger partial charge is 0.269 e. The quantitative estimate of drug-likeness (QED) is 0.584. The zero-order valence-electron chi connectivity index (χ0n) is 16.9. The van der Waals surface area contributed by atoms with Gasteiger partial charge in [0.15, 0.2) is 0 Å². The van der Waals surface area contributed by atoms with E-state index in [1.165, 1.54) is 5.56 Å². The number of non-ortho nitro benzene ring substituents is 1. The first-order valence-electron chi connectivity index (χ1n) is 10.2. The van der Waals surface area contributed by atoms with Crippen LogP contribution < -0.4 is 10.2 Å². The predicted molar refractivity (Wildman–Crippen MR) is 117 cm³/mol. The van der Waals surface area contributed by atoms with E-state index < -0.39 is 0 Å². The lowest BCUT2D eigenvalue weighted by Gasteiger charge is -2.49. The molecule has 0 aliphatic carbocycles. The van der Waals surface area contributed by atoms with Crippen LogP contribution in [0.5, 0.6) is 0 Å². The summed E-state index contributed by atoms with van der Waals surface area (Å²) in [5.41, 5.74) is 3.15. The zero-order chi connectivity index (χ0) is 21.3. The van der Waals surface area contributed by atoms with Gasteiger partial charge in [0.25, 0.3) is 5.69 Å². The van der Waals surface area contributed by atoms with E-state index in [4.69, 9.17) is 11.6 Å². The van der Waals surface area contributed by atoms with Gasteiger partial charge in [-0.1, -0.05) is 23.7 Å². The highest BCUT2D eigenvalue weighted by atomic mass is 35.5. The SMILES string of the molecule is CCNC(=O)[C@@H]1Cc2cc([N+](=O)[O-])ccc2N2CCN(Cc3ccc(Cl)cc3)C[C@@H]12. The fraction of sp³-hybridized carbons (Fsp3) is 0.409. The number of benzene rings is 2. The van der Waals surface area contributed by atoms with E-state index in [1.54, 1.807) is 12.1 Å². The molecule has 1 amide bonds. The average molecular weight is 429 g/mol. The average Bonchev–Trinajstić information content (AvgIpc) is 2.74. The number of nitrogens with one attached hydrogen (secondary N) is 1. The highest BCUT2D eigenvalue weighted by molar-refractivity contribution is 6.30. The number of carbonyl (C=O) groups excluding carboxylic acids is 1. The molecule has 2 atom stereocenters. The molecule has 2 aliphatic heterocycles. The van der Waals surface area contributed by atoms with Crippen LogP contribution in [0.3, 0.4) is 0 Å². The van der Waals surface area contributed by atoms with Crippen LogP contribution in [-0.2, 0) is 17.8 Å². The second kappa shape index (κ2) is 8.62. The van der Waals surface area contributed by atoms with Gasteiger partial charge >= 0.3 is 0 Å². The number of rotatable bonds is 5. The molecular formula is C22H25ClN4O3. The lowest BCUT2D eigenvalue weighted by molar-refractivity contribution is -0.384. The van der Waals surface area contributed by atoms with E-state index in [0.717, 1.165) is 42.5 Å². The van der Waals surface area contributed by atoms with Gasteiger partial charge in [0.1, 0.15) is 0 Å². The van der Waals surface area contributed by atoms with Crippen molar-refractivity contribution in [3.05, 3.63) is 68.7 Å². The molecule has 8 heteroatoms. The molecule has 1 N–H and O–H groups in total. The molecule has 0 spiro atoms. The summed E-state index contributed by atoms with van der Waals surface area (Å²) in [5.74, 6) is -0.231. The Kier molecular flexibility index (Phi) is 5.92. The number of piperazine rings is 1. The molecule has 4 rings (SSSR count). The summed E-state index contributed by atoms with van der Waals surface area (Å²) in [5, 5.41) is 14.9. The molecule has 2 aromatic carbocycles. The third-order valence-corrected chi connectivity index (χ3v) is 6.25. The molecular weight excluding hydrogens is 404 g/mol. The normalized spacial score (nSPS) is 20.9. The molecule has 2 heterocycles. The summed E-state index contributed by atoms with van der Waals surface area (Å²) in [6, 6.07) is 12.9. The largest absolute Gasteiger partial charge is 0.365 e. The Labute approximate surface area is 180 Å². The summed E-state index contributed by atoms with van der Waals surface area (Å²) < 4.78 is 0. The first-order chi connectivity index (χ1) is 14.5. The third-order valence-electron chi connectivity index (χ3n) is 6.00. The minimum Gasteiger partial charge on any atom is -0.365 e. The molecule has 7 nitrogen and oxygen atoms in total. The highest BCUT2D eigenvalue weighted by Gasteiger charge is 2.41. The maximum Gasteiger partial charge on any atom is 0.269 e. The van der Waals surface area contributed by atoms with Gasteiger partial charge in [0.2, 0.25) is 5.91 Å². The van der Waals surface area contributed by atoms with Crippen LogP contribution in [0.4, 0.5) is 11.4 Å². The van der Waals surface area contributed by atoms with E-state index in [-0.39, 0.29) is 28.5 Å². The lowest BCUT2D eigenvalue weighted by Crippen LogP contribution is -2.60. The maximum atomic E-state index is 12.9. The first kappa shape index (κ1) is 20.6. The van der Waals surface area contributed by atoms with Gasteiger partial charge in [-0.15, -0.1) is 0 Å². The van der Waals surface area contributed by atoms with Gasteiger partial charge in [0, 0.05) is 55.6 Å². The third kappa shape index (κ3) is 4.13. The zero-order valence-corrected chi connectivity index (χ0v) is 17.6. The topological polar surface area (TPSA) is 78.7 Å². The summed E-state index contributed by atoms with van der Waals surface area (Å²) in [7, 11) is 0. The first-order valence-corrected chi connectivity index (χ1v) is 10.6. The van der Waals surface area contributed by atoms with Crippen LogP contribution in [-0.4, -0.2) is 48.0 Å². The number of hydrogen-bond donors (Lipinski definition) is 1. The highest BCUT2D eigenvalue weighted by Crippen LogP contribution is 2.38. The van der Waals surface area contributed by atoms with Crippen LogP contribution in [0.2, 0.25) is 5.02 Å². The van der Waals surface area contributed by atoms with Crippen molar-refractivity contribution < 1.29 is 9.72 Å². The van der Waals surface area contributed by atoms with Crippen LogP contribution in [0.25, 0.3) is 0 Å². The van der Waals surface area contributed by atoms with E-state index in [0.29, 0.717) is 13.0 Å².